The van der Waals surface area contributed by atoms with Crippen molar-refractivity contribution in [1.82, 2.24) is 9.97 Å². The van der Waals surface area contributed by atoms with Gasteiger partial charge in [-0.05, 0) is 43.3 Å². The number of hydrogen-bond acceptors (Lipinski definition) is 4. The Morgan fingerprint density at radius 2 is 1.71 bits per heavy atom. The quantitative estimate of drug-likeness (QED) is 0.698. The van der Waals surface area contributed by atoms with Crippen molar-refractivity contribution in [3.05, 3.63) is 77.6 Å². The summed E-state index contributed by atoms with van der Waals surface area (Å²) >= 11 is 0. The first-order valence-electron chi connectivity index (χ1n) is 8.37. The zero-order chi connectivity index (χ0) is 20.3. The fourth-order valence-electron chi connectivity index (χ4n) is 2.58. The minimum atomic E-state index is -4.45. The van der Waals surface area contributed by atoms with E-state index in [1.807, 2.05) is 18.2 Å². The van der Waals surface area contributed by atoms with E-state index in [1.165, 1.54) is 23.1 Å². The van der Waals surface area contributed by atoms with E-state index in [0.29, 0.717) is 11.4 Å². The van der Waals surface area contributed by atoms with Crippen LogP contribution in [0.3, 0.4) is 0 Å². The Morgan fingerprint density at radius 3 is 2.39 bits per heavy atom. The van der Waals surface area contributed by atoms with Crippen LogP contribution < -0.4 is 10.2 Å². The van der Waals surface area contributed by atoms with Gasteiger partial charge in [0.1, 0.15) is 5.69 Å². The highest BCUT2D eigenvalue weighted by Gasteiger charge is 2.30. The molecular formula is C20H17F3N4O. The highest BCUT2D eigenvalue weighted by Crippen LogP contribution is 2.31. The highest BCUT2D eigenvalue weighted by atomic mass is 19.4. The van der Waals surface area contributed by atoms with E-state index < -0.39 is 11.7 Å². The van der Waals surface area contributed by atoms with Crippen molar-refractivity contribution < 1.29 is 18.0 Å². The summed E-state index contributed by atoms with van der Waals surface area (Å²) in [7, 11) is 1.62. The zero-order valence-electron chi connectivity index (χ0n) is 15.2. The number of nitrogens with zero attached hydrogens (tertiary/aromatic N) is 3. The number of carbonyl (C=O) groups excluding carboxylic acids is 1. The summed E-state index contributed by atoms with van der Waals surface area (Å²) < 4.78 is 38.6. The molecule has 0 aliphatic carbocycles. The SMILES string of the molecule is Cc1cc(C(=O)N(C)c2ccccc2)nc(Nc2cccc(C(F)(F)F)c2)n1. The maximum Gasteiger partial charge on any atom is 0.416 e. The Hall–Kier alpha value is -3.42. The lowest BCUT2D eigenvalue weighted by atomic mass is 10.2. The van der Waals surface area contributed by atoms with E-state index in [0.717, 1.165) is 12.1 Å². The average molecular weight is 386 g/mol. The van der Waals surface area contributed by atoms with Gasteiger partial charge in [-0.3, -0.25) is 4.79 Å². The molecule has 1 aromatic heterocycles. The molecule has 144 valence electrons. The monoisotopic (exact) mass is 386 g/mol. The van der Waals surface area contributed by atoms with Crippen molar-refractivity contribution in [2.75, 3.05) is 17.3 Å². The van der Waals surface area contributed by atoms with Crippen molar-refractivity contribution in [3.63, 3.8) is 0 Å². The van der Waals surface area contributed by atoms with Gasteiger partial charge in [-0.1, -0.05) is 24.3 Å². The lowest BCUT2D eigenvalue weighted by Crippen LogP contribution is -2.27. The number of anilines is 3. The number of nitrogens with one attached hydrogen (secondary N) is 1. The Bertz CT molecular complexity index is 990. The fraction of sp³-hybridized carbons (Fsp3) is 0.150. The van der Waals surface area contributed by atoms with Crippen LogP contribution in [0.4, 0.5) is 30.5 Å². The van der Waals surface area contributed by atoms with Gasteiger partial charge in [-0.2, -0.15) is 13.2 Å². The second-order valence-corrected chi connectivity index (χ2v) is 6.12. The van der Waals surface area contributed by atoms with Gasteiger partial charge >= 0.3 is 6.18 Å². The molecule has 0 radical (unpaired) electrons. The minimum absolute atomic E-state index is 0.0455. The molecule has 8 heteroatoms. The van der Waals surface area contributed by atoms with Crippen molar-refractivity contribution in [1.29, 1.82) is 0 Å². The van der Waals surface area contributed by atoms with Crippen molar-refractivity contribution in [2.24, 2.45) is 0 Å². The Balaban J connectivity index is 1.87. The summed E-state index contributed by atoms with van der Waals surface area (Å²) in [6.07, 6.45) is -4.45. The molecule has 1 amide bonds. The van der Waals surface area contributed by atoms with E-state index in [1.54, 1.807) is 26.1 Å². The molecule has 0 aliphatic rings. The fourth-order valence-corrected chi connectivity index (χ4v) is 2.58. The first-order valence-corrected chi connectivity index (χ1v) is 8.37. The first-order chi connectivity index (χ1) is 13.2. The van der Waals surface area contributed by atoms with Crippen LogP contribution in [0.2, 0.25) is 0 Å². The average Bonchev–Trinajstić information content (AvgIpc) is 2.66. The highest BCUT2D eigenvalue weighted by molar-refractivity contribution is 6.04. The second-order valence-electron chi connectivity index (χ2n) is 6.12. The number of alkyl halides is 3. The summed E-state index contributed by atoms with van der Waals surface area (Å²) in [6, 6.07) is 15.3. The van der Waals surface area contributed by atoms with Crippen LogP contribution >= 0.6 is 0 Å². The number of para-hydroxylation sites is 1. The number of benzene rings is 2. The molecule has 0 aliphatic heterocycles. The van der Waals surface area contributed by atoms with Crippen LogP contribution in [0.25, 0.3) is 0 Å². The van der Waals surface area contributed by atoms with Gasteiger partial charge in [0.2, 0.25) is 5.95 Å². The molecular weight excluding hydrogens is 369 g/mol. The normalized spacial score (nSPS) is 11.2. The molecule has 1 N–H and O–H groups in total. The second kappa shape index (κ2) is 7.67. The number of hydrogen-bond donors (Lipinski definition) is 1. The van der Waals surface area contributed by atoms with E-state index in [2.05, 4.69) is 15.3 Å². The molecule has 0 bridgehead atoms. The standard InChI is InChI=1S/C20H17F3N4O/c1-13-11-17(18(28)27(2)16-9-4-3-5-10-16)26-19(24-13)25-15-8-6-7-14(12-15)20(21,22)23/h3-12H,1-2H3,(H,24,25,26). The van der Waals surface area contributed by atoms with Crippen LogP contribution in [0.1, 0.15) is 21.7 Å². The Morgan fingerprint density at radius 1 is 1.00 bits per heavy atom. The number of amides is 1. The van der Waals surface area contributed by atoms with E-state index in [4.69, 9.17) is 0 Å². The molecule has 0 fully saturated rings. The minimum Gasteiger partial charge on any atom is -0.324 e. The predicted molar refractivity (Wildman–Crippen MR) is 101 cm³/mol. The molecule has 1 heterocycles. The topological polar surface area (TPSA) is 58.1 Å². The van der Waals surface area contributed by atoms with Crippen LogP contribution in [0.5, 0.6) is 0 Å². The van der Waals surface area contributed by atoms with Gasteiger partial charge in [0.25, 0.3) is 5.91 Å². The summed E-state index contributed by atoms with van der Waals surface area (Å²) in [5, 5.41) is 2.74. The first kappa shape index (κ1) is 19.3. The molecule has 3 aromatic rings. The maximum atomic E-state index is 12.9. The van der Waals surface area contributed by atoms with Crippen LogP contribution in [0.15, 0.2) is 60.7 Å². The molecule has 2 aromatic carbocycles. The van der Waals surface area contributed by atoms with Crippen molar-refractivity contribution in [3.8, 4) is 0 Å². The molecule has 28 heavy (non-hydrogen) atoms. The molecule has 5 nitrogen and oxygen atoms in total. The molecule has 0 spiro atoms. The van der Waals surface area contributed by atoms with Gasteiger partial charge in [0.15, 0.2) is 0 Å². The smallest absolute Gasteiger partial charge is 0.324 e. The van der Waals surface area contributed by atoms with Crippen molar-refractivity contribution >= 4 is 23.2 Å². The van der Waals surface area contributed by atoms with Crippen LogP contribution in [0, 0.1) is 6.92 Å². The lowest BCUT2D eigenvalue weighted by molar-refractivity contribution is -0.137. The third-order valence-electron chi connectivity index (χ3n) is 3.97. The number of aryl methyl sites for hydroxylation is 1. The van der Waals surface area contributed by atoms with E-state index >= 15 is 0 Å². The zero-order valence-corrected chi connectivity index (χ0v) is 15.2. The van der Waals surface area contributed by atoms with Gasteiger partial charge in [0, 0.05) is 24.1 Å². The molecule has 3 rings (SSSR count). The third-order valence-corrected chi connectivity index (χ3v) is 3.97. The number of halogens is 3. The lowest BCUT2D eigenvalue weighted by Gasteiger charge is -2.17. The Labute approximate surface area is 159 Å². The number of aromatic nitrogens is 2. The Kier molecular flexibility index (Phi) is 5.30. The number of carbonyl (C=O) groups is 1. The van der Waals surface area contributed by atoms with Crippen LogP contribution in [-0.2, 0) is 6.18 Å². The van der Waals surface area contributed by atoms with E-state index in [-0.39, 0.29) is 23.2 Å². The molecule has 0 atom stereocenters. The van der Waals surface area contributed by atoms with Gasteiger partial charge in [-0.25, -0.2) is 9.97 Å². The molecule has 0 unspecified atom stereocenters. The summed E-state index contributed by atoms with van der Waals surface area (Å²) in [4.78, 5) is 22.5. The van der Waals surface area contributed by atoms with Gasteiger partial charge in [-0.15, -0.1) is 0 Å². The summed E-state index contributed by atoms with van der Waals surface area (Å²) in [5.41, 5.74) is 0.722. The van der Waals surface area contributed by atoms with Crippen molar-refractivity contribution in [2.45, 2.75) is 13.1 Å². The van der Waals surface area contributed by atoms with Gasteiger partial charge < -0.3 is 10.2 Å². The van der Waals surface area contributed by atoms with Gasteiger partial charge in [0.05, 0.1) is 5.56 Å². The molecule has 0 saturated carbocycles. The van der Waals surface area contributed by atoms with E-state index in [9.17, 15) is 18.0 Å². The third kappa shape index (κ3) is 4.46. The maximum absolute atomic E-state index is 12.9. The molecule has 0 saturated heterocycles. The summed E-state index contributed by atoms with van der Waals surface area (Å²) in [6.45, 7) is 1.68. The van der Waals surface area contributed by atoms with Crippen LogP contribution in [-0.4, -0.2) is 22.9 Å². The largest absolute Gasteiger partial charge is 0.416 e. The number of rotatable bonds is 4. The summed E-state index contributed by atoms with van der Waals surface area (Å²) in [5.74, 6) is -0.312. The predicted octanol–water partition coefficient (Wildman–Crippen LogP) is 4.82.